The number of fused-ring (bicyclic) bond motifs is 1. The summed E-state index contributed by atoms with van der Waals surface area (Å²) in [4.78, 5) is 6.91. The van der Waals surface area contributed by atoms with Crippen LogP contribution in [0.15, 0.2) is 12.1 Å². The molecule has 2 aliphatic heterocycles. The molecule has 2 aliphatic rings. The van der Waals surface area contributed by atoms with Crippen LogP contribution < -0.4 is 14.2 Å². The Morgan fingerprint density at radius 3 is 2.79 bits per heavy atom. The monoisotopic (exact) mass is 330 g/mol. The van der Waals surface area contributed by atoms with Crippen LogP contribution >= 0.6 is 0 Å². The van der Waals surface area contributed by atoms with Gasteiger partial charge < -0.3 is 14.2 Å². The van der Waals surface area contributed by atoms with Crippen molar-refractivity contribution in [1.82, 2.24) is 20.1 Å². The number of hydrogen-bond acceptors (Lipinski definition) is 6. The van der Waals surface area contributed by atoms with Crippen molar-refractivity contribution in [1.29, 1.82) is 0 Å². The third kappa shape index (κ3) is 2.80. The summed E-state index contributed by atoms with van der Waals surface area (Å²) in [7, 11) is 1.69. The van der Waals surface area contributed by atoms with Gasteiger partial charge in [0.1, 0.15) is 24.8 Å². The number of benzene rings is 1. The summed E-state index contributed by atoms with van der Waals surface area (Å²) >= 11 is 0. The smallest absolute Gasteiger partial charge is 0.167 e. The summed E-state index contributed by atoms with van der Waals surface area (Å²) in [6.07, 6.45) is 2.22. The van der Waals surface area contributed by atoms with E-state index in [-0.39, 0.29) is 6.04 Å². The average Bonchev–Trinajstić information content (AvgIpc) is 3.23. The number of hydrogen-bond donors (Lipinski definition) is 1. The number of rotatable bonds is 4. The van der Waals surface area contributed by atoms with Crippen molar-refractivity contribution in [2.24, 2.45) is 0 Å². The number of methoxy groups -OCH3 is 1. The lowest BCUT2D eigenvalue weighted by molar-refractivity contribution is 0.169. The van der Waals surface area contributed by atoms with E-state index in [4.69, 9.17) is 14.2 Å². The van der Waals surface area contributed by atoms with Gasteiger partial charge in [-0.3, -0.25) is 10.00 Å². The molecule has 0 unspecified atom stereocenters. The van der Waals surface area contributed by atoms with Crippen molar-refractivity contribution >= 4 is 0 Å². The van der Waals surface area contributed by atoms with Gasteiger partial charge in [-0.05, 0) is 32.4 Å². The van der Waals surface area contributed by atoms with Gasteiger partial charge in [0.05, 0.1) is 13.2 Å². The second-order valence-corrected chi connectivity index (χ2v) is 6.22. The molecule has 1 saturated heterocycles. The lowest BCUT2D eigenvalue weighted by Gasteiger charge is -2.25. The fraction of sp³-hybridized carbons (Fsp3) is 0.529. The highest BCUT2D eigenvalue weighted by molar-refractivity contribution is 5.51. The van der Waals surface area contributed by atoms with Gasteiger partial charge in [-0.25, -0.2) is 4.98 Å². The molecular weight excluding hydrogens is 308 g/mol. The van der Waals surface area contributed by atoms with E-state index < -0.39 is 0 Å². The SMILES string of the molecule is COc1cc2c(cc1CN1CCC[C@H]1c1n[nH]c(C)n1)OCCO2. The van der Waals surface area contributed by atoms with Crippen molar-refractivity contribution in [2.75, 3.05) is 26.9 Å². The van der Waals surface area contributed by atoms with Gasteiger partial charge in [-0.15, -0.1) is 0 Å². The van der Waals surface area contributed by atoms with Crippen molar-refractivity contribution in [3.8, 4) is 17.2 Å². The number of aromatic nitrogens is 3. The lowest BCUT2D eigenvalue weighted by Crippen LogP contribution is -2.24. The summed E-state index contributed by atoms with van der Waals surface area (Å²) in [5.41, 5.74) is 1.10. The summed E-state index contributed by atoms with van der Waals surface area (Å²) in [6.45, 7) is 4.89. The molecule has 0 aliphatic carbocycles. The zero-order valence-corrected chi connectivity index (χ0v) is 14.0. The molecule has 0 spiro atoms. The number of aryl methyl sites for hydroxylation is 1. The Kier molecular flexibility index (Phi) is 4.02. The van der Waals surface area contributed by atoms with Crippen LogP contribution in [-0.4, -0.2) is 46.9 Å². The fourth-order valence-corrected chi connectivity index (χ4v) is 3.46. The first-order valence-corrected chi connectivity index (χ1v) is 8.34. The third-order valence-corrected chi connectivity index (χ3v) is 4.59. The Bertz CT molecular complexity index is 731. The van der Waals surface area contributed by atoms with Crippen molar-refractivity contribution in [3.63, 3.8) is 0 Å². The van der Waals surface area contributed by atoms with Gasteiger partial charge in [-0.1, -0.05) is 0 Å². The van der Waals surface area contributed by atoms with E-state index >= 15 is 0 Å². The van der Waals surface area contributed by atoms with Crippen LogP contribution in [0.2, 0.25) is 0 Å². The standard InChI is InChI=1S/C17H22N4O3/c1-11-18-17(20-19-11)13-4-3-5-21(13)10-12-8-15-16(9-14(12)22-2)24-7-6-23-15/h8-9,13H,3-7,10H2,1-2H3,(H,18,19,20)/t13-/m0/s1. The first-order chi connectivity index (χ1) is 11.7. The van der Waals surface area contributed by atoms with Crippen molar-refractivity contribution in [2.45, 2.75) is 32.4 Å². The van der Waals surface area contributed by atoms with E-state index in [2.05, 4.69) is 20.1 Å². The van der Waals surface area contributed by atoms with Crippen LogP contribution in [0.3, 0.4) is 0 Å². The molecule has 24 heavy (non-hydrogen) atoms. The minimum atomic E-state index is 0.243. The van der Waals surface area contributed by atoms with Gasteiger partial charge in [0.2, 0.25) is 0 Å². The highest BCUT2D eigenvalue weighted by Gasteiger charge is 2.30. The minimum Gasteiger partial charge on any atom is -0.496 e. The molecule has 7 nitrogen and oxygen atoms in total. The molecule has 0 saturated carbocycles. The summed E-state index contributed by atoms with van der Waals surface area (Å²) in [6, 6.07) is 4.20. The molecule has 4 rings (SSSR count). The fourth-order valence-electron chi connectivity index (χ4n) is 3.46. The normalized spacial score (nSPS) is 20.3. The molecule has 2 aromatic rings. The summed E-state index contributed by atoms with van der Waals surface area (Å²) in [5, 5.41) is 7.29. The second-order valence-electron chi connectivity index (χ2n) is 6.22. The molecule has 0 bridgehead atoms. The Labute approximate surface area is 140 Å². The van der Waals surface area contributed by atoms with Crippen LogP contribution in [0.25, 0.3) is 0 Å². The largest absolute Gasteiger partial charge is 0.496 e. The predicted molar refractivity (Wildman–Crippen MR) is 87.5 cm³/mol. The zero-order valence-electron chi connectivity index (χ0n) is 14.0. The number of ether oxygens (including phenoxy) is 3. The maximum atomic E-state index is 5.71. The number of aromatic amines is 1. The molecule has 1 fully saturated rings. The molecule has 1 atom stereocenters. The lowest BCUT2D eigenvalue weighted by atomic mass is 10.1. The Morgan fingerprint density at radius 1 is 1.29 bits per heavy atom. The van der Waals surface area contributed by atoms with Gasteiger partial charge in [0, 0.05) is 18.2 Å². The van der Waals surface area contributed by atoms with E-state index in [1.165, 1.54) is 0 Å². The first-order valence-electron chi connectivity index (χ1n) is 8.34. The number of likely N-dealkylation sites (tertiary alicyclic amines) is 1. The molecule has 1 aromatic carbocycles. The number of nitrogens with one attached hydrogen (secondary N) is 1. The van der Waals surface area contributed by atoms with Crippen molar-refractivity contribution in [3.05, 3.63) is 29.3 Å². The molecule has 0 radical (unpaired) electrons. The van der Waals surface area contributed by atoms with E-state index in [0.29, 0.717) is 13.2 Å². The second kappa shape index (κ2) is 6.32. The van der Waals surface area contributed by atoms with Gasteiger partial charge >= 0.3 is 0 Å². The Hall–Kier alpha value is -2.28. The summed E-state index contributed by atoms with van der Waals surface area (Å²) < 4.78 is 16.9. The molecule has 128 valence electrons. The van der Waals surface area contributed by atoms with Crippen LogP contribution in [0.1, 0.15) is 36.1 Å². The molecular formula is C17H22N4O3. The van der Waals surface area contributed by atoms with E-state index in [1.807, 2.05) is 19.1 Å². The van der Waals surface area contributed by atoms with E-state index in [0.717, 1.165) is 60.4 Å². The maximum absolute atomic E-state index is 5.71. The van der Waals surface area contributed by atoms with Crippen LogP contribution in [0.5, 0.6) is 17.2 Å². The van der Waals surface area contributed by atoms with E-state index in [9.17, 15) is 0 Å². The van der Waals surface area contributed by atoms with E-state index in [1.54, 1.807) is 7.11 Å². The molecule has 1 N–H and O–H groups in total. The number of H-pyrrole nitrogens is 1. The molecule has 1 aromatic heterocycles. The number of nitrogens with zero attached hydrogens (tertiary/aromatic N) is 3. The highest BCUT2D eigenvalue weighted by Crippen LogP contribution is 2.39. The zero-order chi connectivity index (χ0) is 16.5. The molecule has 7 heteroatoms. The summed E-state index contributed by atoms with van der Waals surface area (Å²) in [5.74, 6) is 4.11. The third-order valence-electron chi connectivity index (χ3n) is 4.59. The minimum absolute atomic E-state index is 0.243. The topological polar surface area (TPSA) is 72.5 Å². The average molecular weight is 330 g/mol. The first kappa shape index (κ1) is 15.3. The predicted octanol–water partition coefficient (Wildman–Crippen LogP) is 2.23. The molecule has 0 amide bonds. The quantitative estimate of drug-likeness (QED) is 0.927. The Morgan fingerprint density at radius 2 is 2.08 bits per heavy atom. The van der Waals surface area contributed by atoms with Crippen LogP contribution in [-0.2, 0) is 6.54 Å². The highest BCUT2D eigenvalue weighted by atomic mass is 16.6. The maximum Gasteiger partial charge on any atom is 0.167 e. The Balaban J connectivity index is 1.59. The van der Waals surface area contributed by atoms with Gasteiger partial charge in [0.15, 0.2) is 17.3 Å². The van der Waals surface area contributed by atoms with Gasteiger partial charge in [0.25, 0.3) is 0 Å². The van der Waals surface area contributed by atoms with Crippen LogP contribution in [0.4, 0.5) is 0 Å². The molecule has 3 heterocycles. The van der Waals surface area contributed by atoms with Crippen LogP contribution in [0, 0.1) is 6.92 Å². The van der Waals surface area contributed by atoms with Gasteiger partial charge in [-0.2, -0.15) is 5.10 Å². The van der Waals surface area contributed by atoms with Crippen molar-refractivity contribution < 1.29 is 14.2 Å².